The number of nitrogens with zero attached hydrogens (tertiary/aromatic N) is 5. The number of aromatic nitrogens is 4. The summed E-state index contributed by atoms with van der Waals surface area (Å²) in [7, 11) is 2.14. The van der Waals surface area contributed by atoms with E-state index in [4.69, 9.17) is 4.98 Å². The summed E-state index contributed by atoms with van der Waals surface area (Å²) < 4.78 is 13.1. The quantitative estimate of drug-likeness (QED) is 0.468. The second kappa shape index (κ2) is 9.48. The summed E-state index contributed by atoms with van der Waals surface area (Å²) in [6, 6.07) is 9.40. The maximum atomic E-state index is 13.1. The van der Waals surface area contributed by atoms with Crippen LogP contribution in [0.2, 0.25) is 0 Å². The Hall–Kier alpha value is -3.98. The molecule has 34 heavy (non-hydrogen) atoms. The van der Waals surface area contributed by atoms with Crippen LogP contribution in [0.15, 0.2) is 61.2 Å². The van der Waals surface area contributed by atoms with Gasteiger partial charge in [0, 0.05) is 29.4 Å². The Labute approximate surface area is 196 Å². The summed E-state index contributed by atoms with van der Waals surface area (Å²) in [5, 5.41) is 7.92. The van der Waals surface area contributed by atoms with E-state index in [9.17, 15) is 9.18 Å². The Morgan fingerprint density at radius 3 is 2.50 bits per heavy atom. The van der Waals surface area contributed by atoms with Crippen LogP contribution in [0.4, 0.5) is 16.0 Å². The van der Waals surface area contributed by atoms with Crippen molar-refractivity contribution in [1.82, 2.24) is 24.8 Å². The second-order valence-corrected chi connectivity index (χ2v) is 8.46. The van der Waals surface area contributed by atoms with Crippen molar-refractivity contribution in [2.45, 2.75) is 18.9 Å². The number of fused-ring (bicyclic) bond motifs is 1. The second-order valence-electron chi connectivity index (χ2n) is 8.46. The molecule has 1 amide bonds. The molecule has 1 fully saturated rings. The van der Waals surface area contributed by atoms with E-state index in [0.29, 0.717) is 28.8 Å². The zero-order valence-corrected chi connectivity index (χ0v) is 18.7. The molecule has 0 unspecified atom stereocenters. The lowest BCUT2D eigenvalue weighted by molar-refractivity contribution is 0.102. The zero-order valence-electron chi connectivity index (χ0n) is 18.7. The van der Waals surface area contributed by atoms with Gasteiger partial charge in [-0.1, -0.05) is 0 Å². The molecule has 0 bridgehead atoms. The molecule has 8 nitrogen and oxygen atoms in total. The van der Waals surface area contributed by atoms with Crippen molar-refractivity contribution in [2.24, 2.45) is 0 Å². The minimum atomic E-state index is -0.394. The SMILES string of the molecule is CN1CCC(Nc2cncc(-c3cc4cc(NC(=O)c5ccc(F)cc5)ncc4cn3)n2)CC1. The van der Waals surface area contributed by atoms with Gasteiger partial charge in [-0.05, 0) is 74.8 Å². The third-order valence-electron chi connectivity index (χ3n) is 5.92. The highest BCUT2D eigenvalue weighted by Gasteiger charge is 2.17. The molecule has 1 aliphatic rings. The van der Waals surface area contributed by atoms with Gasteiger partial charge in [0.1, 0.15) is 23.1 Å². The Bertz CT molecular complexity index is 1320. The Morgan fingerprint density at radius 1 is 0.941 bits per heavy atom. The Balaban J connectivity index is 1.35. The van der Waals surface area contributed by atoms with Crippen molar-refractivity contribution >= 4 is 28.3 Å². The van der Waals surface area contributed by atoms with Crippen LogP contribution >= 0.6 is 0 Å². The van der Waals surface area contributed by atoms with Crippen LogP contribution in [-0.4, -0.2) is 56.9 Å². The van der Waals surface area contributed by atoms with E-state index >= 15 is 0 Å². The molecular formula is C25H24FN7O. The van der Waals surface area contributed by atoms with Gasteiger partial charge in [-0.2, -0.15) is 0 Å². The van der Waals surface area contributed by atoms with Crippen LogP contribution in [0, 0.1) is 5.82 Å². The van der Waals surface area contributed by atoms with Gasteiger partial charge in [0.05, 0.1) is 18.1 Å². The van der Waals surface area contributed by atoms with Crippen LogP contribution in [0.1, 0.15) is 23.2 Å². The first-order valence-electron chi connectivity index (χ1n) is 11.1. The van der Waals surface area contributed by atoms with Crippen molar-refractivity contribution in [3.8, 4) is 11.4 Å². The topological polar surface area (TPSA) is 95.9 Å². The number of benzene rings is 1. The molecule has 9 heteroatoms. The summed E-state index contributed by atoms with van der Waals surface area (Å²) in [5.41, 5.74) is 1.69. The zero-order chi connectivity index (χ0) is 23.5. The lowest BCUT2D eigenvalue weighted by atomic mass is 10.1. The van der Waals surface area contributed by atoms with Gasteiger partial charge in [-0.3, -0.25) is 14.8 Å². The largest absolute Gasteiger partial charge is 0.366 e. The molecule has 0 saturated carbocycles. The van der Waals surface area contributed by atoms with Gasteiger partial charge in [0.25, 0.3) is 5.91 Å². The smallest absolute Gasteiger partial charge is 0.256 e. The van der Waals surface area contributed by atoms with Gasteiger partial charge in [-0.25, -0.2) is 14.4 Å². The van der Waals surface area contributed by atoms with E-state index in [1.807, 2.05) is 6.07 Å². The fraction of sp³-hybridized carbons (Fsp3) is 0.240. The van der Waals surface area contributed by atoms with Gasteiger partial charge < -0.3 is 15.5 Å². The van der Waals surface area contributed by atoms with Crippen LogP contribution < -0.4 is 10.6 Å². The number of pyridine rings is 2. The van der Waals surface area contributed by atoms with Crippen molar-refractivity contribution in [2.75, 3.05) is 30.8 Å². The summed E-state index contributed by atoms with van der Waals surface area (Å²) in [6.45, 7) is 2.12. The van der Waals surface area contributed by atoms with Crippen LogP contribution in [0.5, 0.6) is 0 Å². The number of hydrogen-bond donors (Lipinski definition) is 2. The van der Waals surface area contributed by atoms with Gasteiger partial charge in [0.15, 0.2) is 0 Å². The minimum absolute atomic E-state index is 0.350. The highest BCUT2D eigenvalue weighted by atomic mass is 19.1. The molecule has 5 rings (SSSR count). The first kappa shape index (κ1) is 21.8. The molecule has 0 radical (unpaired) electrons. The molecule has 4 heterocycles. The number of carbonyl (C=O) groups excluding carboxylic acids is 1. The normalized spacial score (nSPS) is 14.8. The fourth-order valence-corrected chi connectivity index (χ4v) is 3.96. The fourth-order valence-electron chi connectivity index (χ4n) is 3.96. The summed E-state index contributed by atoms with van der Waals surface area (Å²) in [4.78, 5) is 32.7. The van der Waals surface area contributed by atoms with Crippen LogP contribution in [-0.2, 0) is 0 Å². The highest BCUT2D eigenvalue weighted by Crippen LogP contribution is 2.23. The summed E-state index contributed by atoms with van der Waals surface area (Å²) in [5.74, 6) is 0.368. The van der Waals surface area contributed by atoms with E-state index in [-0.39, 0.29) is 5.91 Å². The molecule has 1 saturated heterocycles. The van der Waals surface area contributed by atoms with Crippen LogP contribution in [0.25, 0.3) is 22.2 Å². The molecule has 1 aliphatic heterocycles. The molecule has 1 aromatic carbocycles. The number of piperidine rings is 1. The number of hydrogen-bond acceptors (Lipinski definition) is 7. The average molecular weight is 458 g/mol. The van der Waals surface area contributed by atoms with Crippen molar-refractivity contribution < 1.29 is 9.18 Å². The molecule has 2 N–H and O–H groups in total. The minimum Gasteiger partial charge on any atom is -0.366 e. The Morgan fingerprint density at radius 2 is 1.71 bits per heavy atom. The molecule has 4 aromatic rings. The average Bonchev–Trinajstić information content (AvgIpc) is 2.85. The van der Waals surface area contributed by atoms with Crippen LogP contribution in [0.3, 0.4) is 0 Å². The third-order valence-corrected chi connectivity index (χ3v) is 5.92. The molecule has 172 valence electrons. The number of amides is 1. The van der Waals surface area contributed by atoms with E-state index in [2.05, 4.69) is 37.5 Å². The molecule has 3 aromatic heterocycles. The standard InChI is InChI=1S/C25H24FN7O/c1-33-8-6-20(7-9-33)30-24-15-27-14-22(31-24)21-10-17-11-23(29-13-18(17)12-28-21)32-25(34)16-2-4-19(26)5-3-16/h2-5,10-15,20H,6-9H2,1H3,(H,30,31)(H,29,32,34). The predicted molar refractivity (Wildman–Crippen MR) is 129 cm³/mol. The molecule has 0 atom stereocenters. The van der Waals surface area contributed by atoms with E-state index in [1.165, 1.54) is 24.3 Å². The summed E-state index contributed by atoms with van der Waals surface area (Å²) >= 11 is 0. The number of likely N-dealkylation sites (tertiary alicyclic amines) is 1. The van der Waals surface area contributed by atoms with E-state index < -0.39 is 5.82 Å². The van der Waals surface area contributed by atoms with Gasteiger partial charge in [-0.15, -0.1) is 0 Å². The number of rotatable bonds is 5. The lowest BCUT2D eigenvalue weighted by Crippen LogP contribution is -2.36. The van der Waals surface area contributed by atoms with Crippen molar-refractivity contribution in [3.63, 3.8) is 0 Å². The summed E-state index contributed by atoms with van der Waals surface area (Å²) in [6.07, 6.45) is 8.92. The van der Waals surface area contributed by atoms with Gasteiger partial charge in [0.2, 0.25) is 0 Å². The monoisotopic (exact) mass is 457 g/mol. The Kier molecular flexibility index (Phi) is 6.09. The van der Waals surface area contributed by atoms with Gasteiger partial charge >= 0.3 is 0 Å². The maximum absolute atomic E-state index is 13.1. The van der Waals surface area contributed by atoms with E-state index in [1.54, 1.807) is 30.9 Å². The first-order valence-corrected chi connectivity index (χ1v) is 11.1. The number of anilines is 2. The predicted octanol–water partition coefficient (Wildman–Crippen LogP) is 3.98. The molecular weight excluding hydrogens is 433 g/mol. The maximum Gasteiger partial charge on any atom is 0.256 e. The lowest BCUT2D eigenvalue weighted by Gasteiger charge is -2.29. The number of halogens is 1. The highest BCUT2D eigenvalue weighted by molar-refractivity contribution is 6.04. The van der Waals surface area contributed by atoms with Crippen molar-refractivity contribution in [1.29, 1.82) is 0 Å². The van der Waals surface area contributed by atoms with Crippen molar-refractivity contribution in [3.05, 3.63) is 72.6 Å². The third kappa shape index (κ3) is 4.99. The first-order chi connectivity index (χ1) is 16.5. The molecule has 0 aliphatic carbocycles. The number of carbonyl (C=O) groups is 1. The molecule has 0 spiro atoms. The number of nitrogens with one attached hydrogen (secondary N) is 2. The van der Waals surface area contributed by atoms with E-state index in [0.717, 1.165) is 42.5 Å².